The lowest BCUT2D eigenvalue weighted by Crippen LogP contribution is -2.32. The minimum absolute atomic E-state index is 0.109. The molecule has 2 atom stereocenters. The lowest BCUT2D eigenvalue weighted by Gasteiger charge is -2.18. The van der Waals surface area contributed by atoms with Crippen molar-refractivity contribution in [2.75, 3.05) is 0 Å². The van der Waals surface area contributed by atoms with Gasteiger partial charge in [0.25, 0.3) is 0 Å². The number of carboxylic acids is 1. The van der Waals surface area contributed by atoms with E-state index in [1.54, 1.807) is 24.3 Å². The van der Waals surface area contributed by atoms with Crippen LogP contribution in [0, 0.1) is 5.92 Å². The molecule has 1 aliphatic heterocycles. The number of rotatable bonds is 2. The first-order valence-electron chi connectivity index (χ1n) is 4.64. The third kappa shape index (κ3) is 1.83. The summed E-state index contributed by atoms with van der Waals surface area (Å²) < 4.78 is 4.96. The Kier molecular flexibility index (Phi) is 2.41. The van der Waals surface area contributed by atoms with E-state index in [0.717, 1.165) is 0 Å². The second-order valence-corrected chi connectivity index (χ2v) is 3.45. The Morgan fingerprint density at radius 3 is 2.60 bits per heavy atom. The molecule has 0 N–H and O–H groups in total. The fourth-order valence-corrected chi connectivity index (χ4v) is 1.71. The van der Waals surface area contributed by atoms with Crippen molar-refractivity contribution < 1.29 is 19.4 Å². The van der Waals surface area contributed by atoms with Crippen LogP contribution in [-0.4, -0.2) is 11.9 Å². The van der Waals surface area contributed by atoms with Crippen LogP contribution in [0.4, 0.5) is 0 Å². The van der Waals surface area contributed by atoms with Gasteiger partial charge in [-0.05, 0) is 5.56 Å². The molecule has 4 heteroatoms. The first-order valence-corrected chi connectivity index (χ1v) is 4.64. The predicted molar refractivity (Wildman–Crippen MR) is 48.4 cm³/mol. The van der Waals surface area contributed by atoms with Gasteiger partial charge in [-0.2, -0.15) is 0 Å². The van der Waals surface area contributed by atoms with E-state index in [-0.39, 0.29) is 6.42 Å². The number of cyclic esters (lactones) is 1. The largest absolute Gasteiger partial charge is 0.550 e. The van der Waals surface area contributed by atoms with E-state index in [4.69, 9.17) is 4.74 Å². The topological polar surface area (TPSA) is 66.4 Å². The smallest absolute Gasteiger partial charge is 0.307 e. The molecule has 2 rings (SSSR count). The van der Waals surface area contributed by atoms with Gasteiger partial charge < -0.3 is 14.6 Å². The van der Waals surface area contributed by atoms with Crippen molar-refractivity contribution in [3.8, 4) is 0 Å². The quantitative estimate of drug-likeness (QED) is 0.639. The number of hydrogen-bond donors (Lipinski definition) is 0. The van der Waals surface area contributed by atoms with Crippen LogP contribution in [0.2, 0.25) is 0 Å². The highest BCUT2D eigenvalue weighted by atomic mass is 16.6. The Balaban J connectivity index is 2.28. The molecule has 0 aliphatic carbocycles. The summed E-state index contributed by atoms with van der Waals surface area (Å²) >= 11 is 0. The average Bonchev–Trinajstić information content (AvgIpc) is 2.62. The summed E-state index contributed by atoms with van der Waals surface area (Å²) in [5.41, 5.74) is 0.692. The summed E-state index contributed by atoms with van der Waals surface area (Å²) in [5, 5.41) is 10.8. The van der Waals surface area contributed by atoms with E-state index in [9.17, 15) is 14.7 Å². The van der Waals surface area contributed by atoms with E-state index in [0.29, 0.717) is 5.56 Å². The first kappa shape index (κ1) is 9.71. The molecule has 0 aromatic heterocycles. The first-order chi connectivity index (χ1) is 7.18. The van der Waals surface area contributed by atoms with Crippen molar-refractivity contribution in [1.29, 1.82) is 0 Å². The van der Waals surface area contributed by atoms with Crippen molar-refractivity contribution in [3.05, 3.63) is 35.9 Å². The fraction of sp³-hybridized carbons (Fsp3) is 0.273. The van der Waals surface area contributed by atoms with Crippen LogP contribution in [-0.2, 0) is 14.3 Å². The lowest BCUT2D eigenvalue weighted by molar-refractivity contribution is -0.312. The number of carbonyl (C=O) groups excluding carboxylic acids is 2. The maximum Gasteiger partial charge on any atom is 0.307 e. The molecule has 0 radical (unpaired) electrons. The van der Waals surface area contributed by atoms with Crippen molar-refractivity contribution >= 4 is 11.9 Å². The highest BCUT2D eigenvalue weighted by Gasteiger charge is 2.36. The molecular formula is C11H9O4-. The molecule has 0 unspecified atom stereocenters. The molecule has 1 heterocycles. The molecule has 4 nitrogen and oxygen atoms in total. The van der Waals surface area contributed by atoms with Gasteiger partial charge in [-0.1, -0.05) is 30.3 Å². The van der Waals surface area contributed by atoms with E-state index in [1.165, 1.54) is 0 Å². The second kappa shape index (κ2) is 3.73. The summed E-state index contributed by atoms with van der Waals surface area (Å²) in [6.45, 7) is 0. The molecule has 0 saturated carbocycles. The summed E-state index contributed by atoms with van der Waals surface area (Å²) in [6.07, 6.45) is -0.814. The third-order valence-electron chi connectivity index (χ3n) is 2.44. The number of esters is 1. The Morgan fingerprint density at radius 2 is 2.00 bits per heavy atom. The molecule has 15 heavy (non-hydrogen) atoms. The molecule has 1 saturated heterocycles. The molecule has 1 aromatic carbocycles. The lowest BCUT2D eigenvalue weighted by atomic mass is 9.95. The highest BCUT2D eigenvalue weighted by Crippen LogP contribution is 2.34. The maximum atomic E-state index is 11.0. The minimum Gasteiger partial charge on any atom is -0.550 e. The van der Waals surface area contributed by atoms with Crippen LogP contribution in [0.1, 0.15) is 18.1 Å². The van der Waals surface area contributed by atoms with E-state index < -0.39 is 24.0 Å². The van der Waals surface area contributed by atoms with E-state index in [1.807, 2.05) is 6.07 Å². The standard InChI is InChI=1S/C11H10O4/c12-9-6-8(11(13)14)10(15-9)7-4-2-1-3-5-7/h1-5,8,10H,6H2,(H,13,14)/p-1/t8-,10-/m1/s1. The third-order valence-corrected chi connectivity index (χ3v) is 2.44. The molecular weight excluding hydrogens is 196 g/mol. The molecule has 1 aromatic rings. The van der Waals surface area contributed by atoms with Gasteiger partial charge in [0.05, 0.1) is 12.3 Å². The van der Waals surface area contributed by atoms with Gasteiger partial charge in [0.15, 0.2) is 0 Å². The Bertz CT molecular complexity index is 385. The van der Waals surface area contributed by atoms with Crippen LogP contribution in [0.15, 0.2) is 30.3 Å². The zero-order valence-corrected chi connectivity index (χ0v) is 7.88. The number of carboxylic acid groups (broad SMARTS) is 1. The van der Waals surface area contributed by atoms with Crippen molar-refractivity contribution in [1.82, 2.24) is 0 Å². The van der Waals surface area contributed by atoms with E-state index >= 15 is 0 Å². The van der Waals surface area contributed by atoms with Gasteiger partial charge in [-0.15, -0.1) is 0 Å². The zero-order valence-electron chi connectivity index (χ0n) is 7.88. The van der Waals surface area contributed by atoms with Gasteiger partial charge in [-0.3, -0.25) is 4.79 Å². The van der Waals surface area contributed by atoms with E-state index in [2.05, 4.69) is 0 Å². The van der Waals surface area contributed by atoms with Gasteiger partial charge in [-0.25, -0.2) is 0 Å². The molecule has 1 aliphatic rings. The van der Waals surface area contributed by atoms with Gasteiger partial charge in [0, 0.05) is 5.97 Å². The monoisotopic (exact) mass is 205 g/mol. The number of benzene rings is 1. The van der Waals surface area contributed by atoms with Crippen LogP contribution >= 0.6 is 0 Å². The molecule has 0 spiro atoms. The summed E-state index contributed by atoms with van der Waals surface area (Å²) in [4.78, 5) is 21.8. The van der Waals surface area contributed by atoms with Gasteiger partial charge in [0.1, 0.15) is 6.10 Å². The second-order valence-electron chi connectivity index (χ2n) is 3.45. The van der Waals surface area contributed by atoms with Crippen molar-refractivity contribution in [3.63, 3.8) is 0 Å². The zero-order chi connectivity index (χ0) is 10.8. The number of carbonyl (C=O) groups is 2. The number of hydrogen-bond acceptors (Lipinski definition) is 4. The Labute approximate surface area is 86.5 Å². The van der Waals surface area contributed by atoms with Crippen molar-refractivity contribution in [2.24, 2.45) is 5.92 Å². The summed E-state index contributed by atoms with van der Waals surface area (Å²) in [5.74, 6) is -2.60. The molecule has 78 valence electrons. The Hall–Kier alpha value is -1.84. The fourth-order valence-electron chi connectivity index (χ4n) is 1.71. The highest BCUT2D eigenvalue weighted by molar-refractivity contribution is 5.81. The SMILES string of the molecule is O=C1C[C@@H](C(=O)[O-])[C@@H](c2ccccc2)O1. The average molecular weight is 205 g/mol. The van der Waals surface area contributed by atoms with Crippen LogP contribution < -0.4 is 5.11 Å². The normalized spacial score (nSPS) is 24.9. The van der Waals surface area contributed by atoms with Crippen molar-refractivity contribution in [2.45, 2.75) is 12.5 Å². The molecule has 1 fully saturated rings. The number of ether oxygens (including phenoxy) is 1. The van der Waals surface area contributed by atoms with Crippen LogP contribution in [0.5, 0.6) is 0 Å². The number of aliphatic carboxylic acids is 1. The van der Waals surface area contributed by atoms with Crippen LogP contribution in [0.25, 0.3) is 0 Å². The maximum absolute atomic E-state index is 11.0. The van der Waals surface area contributed by atoms with Gasteiger partial charge in [0.2, 0.25) is 0 Å². The van der Waals surface area contributed by atoms with Gasteiger partial charge >= 0.3 is 5.97 Å². The predicted octanol–water partition coefficient (Wildman–Crippen LogP) is 0.0407. The molecule has 0 amide bonds. The van der Waals surface area contributed by atoms with Crippen LogP contribution in [0.3, 0.4) is 0 Å². The molecule has 0 bridgehead atoms. The minimum atomic E-state index is -1.24. The summed E-state index contributed by atoms with van der Waals surface area (Å²) in [6, 6.07) is 8.83. The summed E-state index contributed by atoms with van der Waals surface area (Å²) in [7, 11) is 0. The Morgan fingerprint density at radius 1 is 1.33 bits per heavy atom.